The Morgan fingerprint density at radius 1 is 1.03 bits per heavy atom. The first kappa shape index (κ1) is 23.2. The number of rotatable bonds is 5. The summed E-state index contributed by atoms with van der Waals surface area (Å²) in [5.74, 6) is -0.418. The lowest BCUT2D eigenvalue weighted by atomic mass is 9.82. The monoisotopic (exact) mass is 471 g/mol. The molecule has 3 aliphatic rings. The highest BCUT2D eigenvalue weighted by molar-refractivity contribution is 5.82. The van der Waals surface area contributed by atoms with E-state index in [4.69, 9.17) is 0 Å². The van der Waals surface area contributed by atoms with Crippen LogP contribution in [0.3, 0.4) is 0 Å². The number of piperazine rings is 1. The molecule has 2 heterocycles. The van der Waals surface area contributed by atoms with Crippen molar-refractivity contribution in [3.8, 4) is 0 Å². The number of benzene rings is 2. The third-order valence-electron chi connectivity index (χ3n) is 7.80. The molecule has 1 saturated heterocycles. The van der Waals surface area contributed by atoms with Gasteiger partial charge in [0.15, 0.2) is 0 Å². The maximum Gasteiger partial charge on any atom is 0.416 e. The fourth-order valence-corrected chi connectivity index (χ4v) is 6.03. The van der Waals surface area contributed by atoms with Crippen molar-refractivity contribution in [2.24, 2.45) is 5.92 Å². The predicted octanol–water partition coefficient (Wildman–Crippen LogP) is 4.67. The molecular weight excluding hydrogens is 439 g/mol. The van der Waals surface area contributed by atoms with Crippen molar-refractivity contribution >= 4 is 11.6 Å². The molecule has 0 spiro atoms. The van der Waals surface area contributed by atoms with Crippen LogP contribution in [0.15, 0.2) is 48.5 Å². The summed E-state index contributed by atoms with van der Waals surface area (Å²) < 4.78 is 40.2. The zero-order valence-corrected chi connectivity index (χ0v) is 19.4. The number of amides is 1. The smallest absolute Gasteiger partial charge is 0.365 e. The first-order valence-corrected chi connectivity index (χ1v) is 12.4. The van der Waals surface area contributed by atoms with Gasteiger partial charge in [0.25, 0.3) is 0 Å². The van der Waals surface area contributed by atoms with E-state index >= 15 is 0 Å². The number of nitrogens with one attached hydrogen (secondary N) is 1. The van der Waals surface area contributed by atoms with Gasteiger partial charge < -0.3 is 10.2 Å². The average molecular weight is 472 g/mol. The van der Waals surface area contributed by atoms with Gasteiger partial charge in [-0.2, -0.15) is 13.2 Å². The summed E-state index contributed by atoms with van der Waals surface area (Å²) >= 11 is 0. The van der Waals surface area contributed by atoms with E-state index in [1.807, 2.05) is 30.3 Å². The number of alkyl halides is 3. The molecule has 2 fully saturated rings. The second kappa shape index (κ2) is 9.61. The highest BCUT2D eigenvalue weighted by Crippen LogP contribution is 2.40. The third kappa shape index (κ3) is 4.81. The minimum Gasteiger partial charge on any atom is -0.365 e. The second-order valence-electron chi connectivity index (χ2n) is 9.87. The van der Waals surface area contributed by atoms with Crippen molar-refractivity contribution in [1.29, 1.82) is 0 Å². The van der Waals surface area contributed by atoms with E-state index in [0.717, 1.165) is 37.3 Å². The van der Waals surface area contributed by atoms with E-state index in [9.17, 15) is 18.0 Å². The lowest BCUT2D eigenvalue weighted by Crippen LogP contribution is -2.62. The number of hydrogen-bond donors (Lipinski definition) is 1. The number of nitrogens with zero attached hydrogens (tertiary/aromatic N) is 2. The molecule has 1 amide bonds. The highest BCUT2D eigenvalue weighted by atomic mass is 19.4. The van der Waals surface area contributed by atoms with Crippen LogP contribution in [0.2, 0.25) is 0 Å². The van der Waals surface area contributed by atoms with Crippen LogP contribution in [-0.4, -0.2) is 49.1 Å². The van der Waals surface area contributed by atoms with Gasteiger partial charge >= 0.3 is 6.18 Å². The lowest BCUT2D eigenvalue weighted by molar-refractivity contribution is -0.137. The van der Waals surface area contributed by atoms with Crippen molar-refractivity contribution in [2.75, 3.05) is 31.1 Å². The lowest BCUT2D eigenvalue weighted by Gasteiger charge is -2.50. The largest absolute Gasteiger partial charge is 0.416 e. The molecule has 1 aliphatic carbocycles. The number of anilines is 1. The van der Waals surface area contributed by atoms with Crippen LogP contribution in [0, 0.1) is 5.92 Å². The molecular formula is C27H32F3N3O. The number of hydrogen-bond acceptors (Lipinski definition) is 3. The van der Waals surface area contributed by atoms with Gasteiger partial charge in [-0.15, -0.1) is 0 Å². The van der Waals surface area contributed by atoms with Gasteiger partial charge in [0.1, 0.15) is 0 Å². The maximum absolute atomic E-state index is 13.4. The fourth-order valence-electron chi connectivity index (χ4n) is 6.03. The number of fused-ring (bicyclic) bond motifs is 3. The topological polar surface area (TPSA) is 35.6 Å². The van der Waals surface area contributed by atoms with E-state index in [1.165, 1.54) is 37.8 Å². The van der Waals surface area contributed by atoms with Crippen LogP contribution < -0.4 is 10.2 Å². The standard InChI is InChI=1S/C27H32F3N3O/c28-27(29,30)21-10-11-24-20(16-21)17-23(26(34)31-13-12-19-6-2-1-3-7-19)25-18-32(14-15-33(24)25)22-8-4-5-9-22/h1-3,6-7,10-11,16,22-23,25H,4-5,8-9,12-15,17-18H2,(H,31,34)/t23-,25+/m1/s1. The van der Waals surface area contributed by atoms with Crippen molar-refractivity contribution < 1.29 is 18.0 Å². The summed E-state index contributed by atoms with van der Waals surface area (Å²) in [5, 5.41) is 3.09. The molecule has 1 N–H and O–H groups in total. The van der Waals surface area contributed by atoms with Crippen molar-refractivity contribution in [2.45, 2.75) is 56.8 Å². The summed E-state index contributed by atoms with van der Waals surface area (Å²) in [4.78, 5) is 18.1. The molecule has 2 aromatic carbocycles. The highest BCUT2D eigenvalue weighted by Gasteiger charge is 2.43. The van der Waals surface area contributed by atoms with Crippen LogP contribution in [0.25, 0.3) is 0 Å². The van der Waals surface area contributed by atoms with E-state index < -0.39 is 11.7 Å². The van der Waals surface area contributed by atoms with Gasteiger partial charge in [-0.05, 0) is 55.0 Å². The number of halogens is 3. The molecule has 0 aromatic heterocycles. The zero-order chi connectivity index (χ0) is 23.7. The quantitative estimate of drug-likeness (QED) is 0.689. The molecule has 182 valence electrons. The molecule has 5 rings (SSSR count). The van der Waals surface area contributed by atoms with Crippen molar-refractivity contribution in [3.05, 3.63) is 65.2 Å². The normalized spacial score (nSPS) is 23.4. The number of carbonyl (C=O) groups is 1. The minimum absolute atomic E-state index is 0.0182. The third-order valence-corrected chi connectivity index (χ3v) is 7.80. The van der Waals surface area contributed by atoms with Crippen LogP contribution in [-0.2, 0) is 23.8 Å². The van der Waals surface area contributed by atoms with E-state index in [0.29, 0.717) is 24.6 Å². The molecule has 2 atom stereocenters. The molecule has 0 bridgehead atoms. The van der Waals surface area contributed by atoms with Crippen LogP contribution in [0.4, 0.5) is 18.9 Å². The fraction of sp³-hybridized carbons (Fsp3) is 0.519. The van der Waals surface area contributed by atoms with E-state index in [-0.39, 0.29) is 17.9 Å². The van der Waals surface area contributed by atoms with E-state index in [1.54, 1.807) is 6.07 Å². The average Bonchev–Trinajstić information content (AvgIpc) is 3.38. The molecule has 2 aliphatic heterocycles. The van der Waals surface area contributed by atoms with Crippen LogP contribution in [0.5, 0.6) is 0 Å². The first-order valence-electron chi connectivity index (χ1n) is 12.4. The van der Waals surface area contributed by atoms with Gasteiger partial charge in [-0.3, -0.25) is 9.69 Å². The summed E-state index contributed by atoms with van der Waals surface area (Å²) in [5.41, 5.74) is 2.00. The first-order chi connectivity index (χ1) is 16.4. The predicted molar refractivity (Wildman–Crippen MR) is 127 cm³/mol. The van der Waals surface area contributed by atoms with Gasteiger partial charge in [0, 0.05) is 37.9 Å². The molecule has 0 radical (unpaired) electrons. The second-order valence-corrected chi connectivity index (χ2v) is 9.87. The summed E-state index contributed by atoms with van der Waals surface area (Å²) in [6.45, 7) is 2.95. The molecule has 34 heavy (non-hydrogen) atoms. The van der Waals surface area contributed by atoms with Gasteiger partial charge in [0.05, 0.1) is 17.5 Å². The Kier molecular flexibility index (Phi) is 6.56. The summed E-state index contributed by atoms with van der Waals surface area (Å²) in [7, 11) is 0. The Hall–Kier alpha value is -2.54. The van der Waals surface area contributed by atoms with E-state index in [2.05, 4.69) is 15.1 Å². The Morgan fingerprint density at radius 3 is 2.53 bits per heavy atom. The van der Waals surface area contributed by atoms with Crippen molar-refractivity contribution in [1.82, 2.24) is 10.2 Å². The Morgan fingerprint density at radius 2 is 1.79 bits per heavy atom. The summed E-state index contributed by atoms with van der Waals surface area (Å²) in [6.07, 6.45) is 1.59. The van der Waals surface area contributed by atoms with Gasteiger partial charge in [-0.1, -0.05) is 43.2 Å². The molecule has 4 nitrogen and oxygen atoms in total. The SMILES string of the molecule is O=C(NCCc1ccccc1)[C@@H]1Cc2cc(C(F)(F)F)ccc2N2CCN(C3CCCC3)C[C@@H]12. The molecule has 1 saturated carbocycles. The molecule has 0 unspecified atom stereocenters. The minimum atomic E-state index is -4.39. The van der Waals surface area contributed by atoms with Crippen molar-refractivity contribution in [3.63, 3.8) is 0 Å². The molecule has 2 aromatic rings. The zero-order valence-electron chi connectivity index (χ0n) is 19.4. The van der Waals surface area contributed by atoms with Crippen LogP contribution >= 0.6 is 0 Å². The van der Waals surface area contributed by atoms with Crippen LogP contribution in [0.1, 0.15) is 42.4 Å². The Balaban J connectivity index is 1.37. The Labute approximate surface area is 199 Å². The Bertz CT molecular complexity index is 1000. The van der Waals surface area contributed by atoms with Gasteiger partial charge in [-0.25, -0.2) is 0 Å². The summed E-state index contributed by atoms with van der Waals surface area (Å²) in [6, 6.07) is 14.6. The van der Waals surface area contributed by atoms with Gasteiger partial charge in [0.2, 0.25) is 5.91 Å². The maximum atomic E-state index is 13.4. The molecule has 7 heteroatoms. The number of carbonyl (C=O) groups excluding carboxylic acids is 1.